The van der Waals surface area contributed by atoms with Gasteiger partial charge in [0.05, 0.1) is 12.2 Å². The molecule has 1 N–H and O–H groups in total. The van der Waals surface area contributed by atoms with Gasteiger partial charge in [0.25, 0.3) is 0 Å². The second kappa shape index (κ2) is 5.57. The fourth-order valence-corrected chi connectivity index (χ4v) is 2.64. The van der Waals surface area contributed by atoms with Crippen molar-refractivity contribution in [2.75, 3.05) is 6.61 Å². The largest absolute Gasteiger partial charge is 0.392 e. The van der Waals surface area contributed by atoms with E-state index in [1.54, 1.807) is 0 Å². The lowest BCUT2D eigenvalue weighted by atomic mass is 9.60. The number of halogens is 3. The van der Waals surface area contributed by atoms with Gasteiger partial charge in [-0.2, -0.15) is 13.2 Å². The number of hydrogen-bond donors (Lipinski definition) is 1. The summed E-state index contributed by atoms with van der Waals surface area (Å²) in [6.07, 6.45) is -3.20. The molecule has 0 amide bonds. The van der Waals surface area contributed by atoms with E-state index in [1.807, 2.05) is 13.8 Å². The first kappa shape index (κ1) is 14.8. The van der Waals surface area contributed by atoms with Crippen molar-refractivity contribution in [3.63, 3.8) is 0 Å². The van der Waals surface area contributed by atoms with Gasteiger partial charge in [-0.05, 0) is 19.3 Å². The molecule has 0 aromatic carbocycles. The van der Waals surface area contributed by atoms with Crippen LogP contribution in [0.3, 0.4) is 0 Å². The lowest BCUT2D eigenvalue weighted by Crippen LogP contribution is -2.57. The van der Waals surface area contributed by atoms with E-state index in [0.29, 0.717) is 6.42 Å². The summed E-state index contributed by atoms with van der Waals surface area (Å²) in [6.45, 7) is 4.09. The Kier molecular flexibility index (Phi) is 4.84. The van der Waals surface area contributed by atoms with Crippen LogP contribution < -0.4 is 0 Å². The van der Waals surface area contributed by atoms with E-state index in [-0.39, 0.29) is 30.7 Å². The number of aliphatic hydroxyl groups is 1. The van der Waals surface area contributed by atoms with Crippen LogP contribution in [0.25, 0.3) is 0 Å². The van der Waals surface area contributed by atoms with Crippen LogP contribution in [-0.4, -0.2) is 30.1 Å². The van der Waals surface area contributed by atoms with Crippen LogP contribution in [-0.2, 0) is 4.74 Å². The summed E-state index contributed by atoms with van der Waals surface area (Å²) in [5.41, 5.74) is -0.238. The molecule has 0 heterocycles. The van der Waals surface area contributed by atoms with Crippen LogP contribution in [0.4, 0.5) is 13.2 Å². The first-order chi connectivity index (χ1) is 7.85. The lowest BCUT2D eigenvalue weighted by Gasteiger charge is -2.52. The lowest BCUT2D eigenvalue weighted by molar-refractivity contribution is -0.200. The molecule has 1 aliphatic rings. The first-order valence-electron chi connectivity index (χ1n) is 6.22. The summed E-state index contributed by atoms with van der Waals surface area (Å²) in [5.74, 6) is 0. The average molecular weight is 254 g/mol. The van der Waals surface area contributed by atoms with Gasteiger partial charge in [0.15, 0.2) is 0 Å². The van der Waals surface area contributed by atoms with Crippen LogP contribution >= 0.6 is 0 Å². The first-order valence-corrected chi connectivity index (χ1v) is 6.22. The van der Waals surface area contributed by atoms with Gasteiger partial charge in [0.1, 0.15) is 0 Å². The maximum absolute atomic E-state index is 11.9. The van der Waals surface area contributed by atoms with Crippen molar-refractivity contribution >= 4 is 0 Å². The monoisotopic (exact) mass is 254 g/mol. The van der Waals surface area contributed by atoms with E-state index in [9.17, 15) is 18.3 Å². The highest BCUT2D eigenvalue weighted by molar-refractivity contribution is 5.02. The fraction of sp³-hybridized carbons (Fsp3) is 1.00. The average Bonchev–Trinajstić information content (AvgIpc) is 2.23. The Morgan fingerprint density at radius 1 is 1.29 bits per heavy atom. The molecule has 1 rings (SSSR count). The summed E-state index contributed by atoms with van der Waals surface area (Å²) >= 11 is 0. The van der Waals surface area contributed by atoms with Gasteiger partial charge in [-0.15, -0.1) is 0 Å². The van der Waals surface area contributed by atoms with Crippen LogP contribution in [0.15, 0.2) is 0 Å². The van der Waals surface area contributed by atoms with Crippen LogP contribution in [0, 0.1) is 5.41 Å². The second-order valence-corrected chi connectivity index (χ2v) is 4.77. The number of aliphatic hydroxyl groups excluding tert-OH is 1. The van der Waals surface area contributed by atoms with E-state index in [0.717, 1.165) is 12.8 Å². The van der Waals surface area contributed by atoms with Crippen molar-refractivity contribution in [1.82, 2.24) is 0 Å². The Balaban J connectivity index is 2.29. The van der Waals surface area contributed by atoms with Gasteiger partial charge < -0.3 is 9.84 Å². The zero-order valence-corrected chi connectivity index (χ0v) is 10.4. The maximum Gasteiger partial charge on any atom is 0.389 e. The summed E-state index contributed by atoms with van der Waals surface area (Å²) in [5, 5.41) is 9.75. The molecule has 2 atom stereocenters. The predicted octanol–water partition coefficient (Wildman–Crippen LogP) is 3.29. The number of hydrogen-bond acceptors (Lipinski definition) is 2. The molecule has 1 saturated carbocycles. The SMILES string of the molecule is CCC1(CC)C(O)CC1OCCCC(F)(F)F. The fourth-order valence-electron chi connectivity index (χ4n) is 2.64. The van der Waals surface area contributed by atoms with Crippen molar-refractivity contribution < 1.29 is 23.0 Å². The minimum atomic E-state index is -4.10. The van der Waals surface area contributed by atoms with E-state index in [4.69, 9.17) is 4.74 Å². The van der Waals surface area contributed by atoms with Gasteiger partial charge in [-0.1, -0.05) is 13.8 Å². The van der Waals surface area contributed by atoms with Gasteiger partial charge in [0.2, 0.25) is 0 Å². The molecule has 1 aliphatic carbocycles. The molecule has 2 nitrogen and oxygen atoms in total. The van der Waals surface area contributed by atoms with Crippen molar-refractivity contribution in [3.05, 3.63) is 0 Å². The molecule has 0 radical (unpaired) electrons. The molecule has 2 unspecified atom stereocenters. The third kappa shape index (κ3) is 3.35. The highest BCUT2D eigenvalue weighted by Crippen LogP contribution is 2.48. The van der Waals surface area contributed by atoms with Crippen LogP contribution in [0.1, 0.15) is 46.0 Å². The molecule has 0 aliphatic heterocycles. The Hall–Kier alpha value is -0.290. The highest BCUT2D eigenvalue weighted by Gasteiger charge is 2.52. The van der Waals surface area contributed by atoms with E-state index in [2.05, 4.69) is 0 Å². The maximum atomic E-state index is 11.9. The molecule has 102 valence electrons. The summed E-state index contributed by atoms with van der Waals surface area (Å²) < 4.78 is 41.3. The van der Waals surface area contributed by atoms with Crippen LogP contribution in [0.5, 0.6) is 0 Å². The molecule has 17 heavy (non-hydrogen) atoms. The summed E-state index contributed by atoms with van der Waals surface area (Å²) in [4.78, 5) is 0. The Morgan fingerprint density at radius 3 is 2.29 bits per heavy atom. The molecular weight excluding hydrogens is 233 g/mol. The highest BCUT2D eigenvalue weighted by atomic mass is 19.4. The number of ether oxygens (including phenoxy) is 1. The molecule has 0 bridgehead atoms. The predicted molar refractivity (Wildman–Crippen MR) is 58.7 cm³/mol. The van der Waals surface area contributed by atoms with Crippen molar-refractivity contribution in [3.8, 4) is 0 Å². The Bertz CT molecular complexity index is 236. The quantitative estimate of drug-likeness (QED) is 0.737. The van der Waals surface area contributed by atoms with Gasteiger partial charge in [-0.3, -0.25) is 0 Å². The second-order valence-electron chi connectivity index (χ2n) is 4.77. The standard InChI is InChI=1S/C12H21F3O2/c1-3-11(4-2)9(16)8-10(11)17-7-5-6-12(13,14)15/h9-10,16H,3-8H2,1-2H3. The van der Waals surface area contributed by atoms with E-state index < -0.39 is 12.6 Å². The summed E-state index contributed by atoms with van der Waals surface area (Å²) in [7, 11) is 0. The number of alkyl halides is 3. The molecule has 0 spiro atoms. The van der Waals surface area contributed by atoms with Crippen molar-refractivity contribution in [1.29, 1.82) is 0 Å². The van der Waals surface area contributed by atoms with Crippen LogP contribution in [0.2, 0.25) is 0 Å². The Morgan fingerprint density at radius 2 is 1.88 bits per heavy atom. The molecule has 0 aromatic heterocycles. The third-order valence-electron chi connectivity index (χ3n) is 3.98. The zero-order valence-electron chi connectivity index (χ0n) is 10.4. The molecule has 0 saturated heterocycles. The minimum absolute atomic E-state index is 0.000393. The topological polar surface area (TPSA) is 29.5 Å². The molecule has 1 fully saturated rings. The molecule has 0 aromatic rings. The molecular formula is C12H21F3O2. The summed E-state index contributed by atoms with van der Waals surface area (Å²) in [6, 6.07) is 0. The molecule has 5 heteroatoms. The van der Waals surface area contributed by atoms with E-state index in [1.165, 1.54) is 0 Å². The zero-order chi connectivity index (χ0) is 13.1. The smallest absolute Gasteiger partial charge is 0.389 e. The third-order valence-corrected chi connectivity index (χ3v) is 3.98. The van der Waals surface area contributed by atoms with Gasteiger partial charge in [0, 0.05) is 24.9 Å². The van der Waals surface area contributed by atoms with E-state index >= 15 is 0 Å². The van der Waals surface area contributed by atoms with Crippen molar-refractivity contribution in [2.24, 2.45) is 5.41 Å². The minimum Gasteiger partial charge on any atom is -0.392 e. The van der Waals surface area contributed by atoms with Gasteiger partial charge in [-0.25, -0.2) is 0 Å². The Labute approximate surface area is 100 Å². The van der Waals surface area contributed by atoms with Crippen molar-refractivity contribution in [2.45, 2.75) is 64.3 Å². The normalized spacial score (nSPS) is 27.9. The van der Waals surface area contributed by atoms with Gasteiger partial charge >= 0.3 is 6.18 Å². The number of rotatable bonds is 6.